The summed E-state index contributed by atoms with van der Waals surface area (Å²) in [5, 5.41) is 51.0. The monoisotopic (exact) mass is 548 g/mol. The van der Waals surface area contributed by atoms with Crippen molar-refractivity contribution in [3.05, 3.63) is 69.2 Å². The van der Waals surface area contributed by atoms with Gasteiger partial charge in [0.05, 0.1) is 42.0 Å². The Balaban J connectivity index is 1.66. The third kappa shape index (κ3) is 4.08. The molecule has 0 unspecified atom stereocenters. The first-order chi connectivity index (χ1) is 18.0. The number of fused-ring (bicyclic) bond motifs is 2. The van der Waals surface area contributed by atoms with Gasteiger partial charge in [0.1, 0.15) is 11.0 Å². The van der Waals surface area contributed by atoms with Gasteiger partial charge in [-0.1, -0.05) is 6.07 Å². The van der Waals surface area contributed by atoms with Crippen molar-refractivity contribution >= 4 is 56.1 Å². The summed E-state index contributed by atoms with van der Waals surface area (Å²) in [4.78, 5) is 14.4. The summed E-state index contributed by atoms with van der Waals surface area (Å²) in [7, 11) is 0. The molecule has 0 fully saturated rings. The summed E-state index contributed by atoms with van der Waals surface area (Å²) in [5.41, 5.74) is 3.70. The molecule has 4 aromatic heterocycles. The van der Waals surface area contributed by atoms with E-state index < -0.39 is 0 Å². The molecule has 6 rings (SSSR count). The summed E-state index contributed by atoms with van der Waals surface area (Å²) in [6, 6.07) is 16.7. The molecule has 0 spiro atoms. The molecule has 0 aliphatic heterocycles. The van der Waals surface area contributed by atoms with Gasteiger partial charge in [0, 0.05) is 29.3 Å². The molecule has 0 radical (unpaired) electrons. The van der Waals surface area contributed by atoms with Crippen LogP contribution < -0.4 is 0 Å². The van der Waals surface area contributed by atoms with Gasteiger partial charge in [0.2, 0.25) is 0 Å². The molecule has 2 aromatic carbocycles. The Labute approximate surface area is 222 Å². The van der Waals surface area contributed by atoms with Crippen LogP contribution in [0, 0.1) is 0 Å². The molecule has 0 saturated carbocycles. The van der Waals surface area contributed by atoms with Crippen LogP contribution in [-0.2, 0) is 19.8 Å². The topological polar surface area (TPSA) is 127 Å². The van der Waals surface area contributed by atoms with E-state index in [4.69, 9.17) is 9.97 Å². The van der Waals surface area contributed by atoms with E-state index in [1.807, 2.05) is 30.3 Å². The molecule has 37 heavy (non-hydrogen) atoms. The molecule has 6 aromatic rings. The predicted octanol–water partition coefficient (Wildman–Crippen LogP) is 5.86. The number of rotatable bonds is 6. The highest BCUT2D eigenvalue weighted by Crippen LogP contribution is 2.51. The van der Waals surface area contributed by atoms with Crippen molar-refractivity contribution in [2.45, 2.75) is 19.8 Å². The van der Waals surface area contributed by atoms with Gasteiger partial charge >= 0.3 is 0 Å². The van der Waals surface area contributed by atoms with Crippen LogP contribution in [0.4, 0.5) is 0 Å². The number of benzene rings is 2. The van der Waals surface area contributed by atoms with E-state index in [1.54, 1.807) is 24.3 Å². The number of phenolic OH excluding ortho intramolecular Hbond substituents is 2. The van der Waals surface area contributed by atoms with E-state index in [2.05, 4.69) is 0 Å². The quantitative estimate of drug-likeness (QED) is 0.130. The lowest BCUT2D eigenvalue weighted by molar-refractivity contribution is 0.285. The smallest absolute Gasteiger partial charge is 0.169 e. The standard InChI is InChI=1S/C27H20N2O5S3/c30-10-14-2-6-19(35-14)13-1-5-17-18(9-13)29-25-23(21-8-4-16(12-32)37-21)27(34)26(33)22(24(25)28-17)20-7-3-15(11-31)36-20/h1-9,30-34H,10-12H2. The van der Waals surface area contributed by atoms with E-state index in [0.29, 0.717) is 52.7 Å². The van der Waals surface area contributed by atoms with Crippen LogP contribution >= 0.6 is 34.0 Å². The van der Waals surface area contributed by atoms with E-state index >= 15 is 0 Å². The maximum absolute atomic E-state index is 11.2. The number of aliphatic hydroxyl groups is 3. The van der Waals surface area contributed by atoms with Crippen LogP contribution in [0.2, 0.25) is 0 Å². The SMILES string of the molecule is OCc1ccc(-c2ccc3nc4c(-c5ccc(CO)s5)c(O)c(O)c(-c5ccc(CO)s5)c4nc3c2)s1. The molecule has 0 aliphatic rings. The third-order valence-electron chi connectivity index (χ3n) is 6.07. The minimum absolute atomic E-state index is 0.0189. The fraction of sp³-hybridized carbons (Fsp3) is 0.111. The van der Waals surface area contributed by atoms with E-state index in [1.165, 1.54) is 34.0 Å². The molecule has 0 aliphatic carbocycles. The van der Waals surface area contributed by atoms with Gasteiger partial charge in [-0.3, -0.25) is 0 Å². The predicted molar refractivity (Wildman–Crippen MR) is 148 cm³/mol. The van der Waals surface area contributed by atoms with E-state index in [-0.39, 0.29) is 31.3 Å². The Morgan fingerprint density at radius 3 is 1.49 bits per heavy atom. The van der Waals surface area contributed by atoms with Gasteiger partial charge in [0.25, 0.3) is 0 Å². The first kappa shape index (κ1) is 24.0. The Morgan fingerprint density at radius 2 is 1.00 bits per heavy atom. The number of thiophene rings is 3. The zero-order valence-electron chi connectivity index (χ0n) is 19.2. The maximum atomic E-state index is 11.2. The fourth-order valence-corrected chi connectivity index (χ4v) is 6.99. The summed E-state index contributed by atoms with van der Waals surface area (Å²) in [5.74, 6) is -0.628. The Morgan fingerprint density at radius 1 is 0.541 bits per heavy atom. The van der Waals surface area contributed by atoms with Gasteiger partial charge in [-0.2, -0.15) is 0 Å². The molecule has 0 amide bonds. The van der Waals surface area contributed by atoms with Crippen LogP contribution in [0.5, 0.6) is 11.5 Å². The average molecular weight is 549 g/mol. The number of phenols is 2. The summed E-state index contributed by atoms with van der Waals surface area (Å²) < 4.78 is 0. The molecule has 0 saturated heterocycles. The largest absolute Gasteiger partial charge is 0.504 e. The first-order valence-electron chi connectivity index (χ1n) is 11.3. The molecule has 186 valence electrons. The summed E-state index contributed by atoms with van der Waals surface area (Å²) in [6.45, 7) is -0.291. The number of hydrogen-bond acceptors (Lipinski definition) is 10. The normalized spacial score (nSPS) is 11.6. The van der Waals surface area contributed by atoms with Crippen molar-refractivity contribution in [2.24, 2.45) is 0 Å². The fourth-order valence-electron chi connectivity index (χ4n) is 4.30. The Kier molecular flexibility index (Phi) is 6.15. The molecular weight excluding hydrogens is 529 g/mol. The van der Waals surface area contributed by atoms with Crippen molar-refractivity contribution in [2.75, 3.05) is 0 Å². The number of aliphatic hydroxyl groups excluding tert-OH is 3. The van der Waals surface area contributed by atoms with Crippen LogP contribution in [0.1, 0.15) is 14.6 Å². The van der Waals surface area contributed by atoms with Crippen molar-refractivity contribution in [3.8, 4) is 42.8 Å². The number of aromatic nitrogens is 2. The lowest BCUT2D eigenvalue weighted by Crippen LogP contribution is -1.94. The average Bonchev–Trinajstić information content (AvgIpc) is 3.69. The highest BCUT2D eigenvalue weighted by atomic mass is 32.1. The molecule has 7 nitrogen and oxygen atoms in total. The van der Waals surface area contributed by atoms with Gasteiger partial charge in [-0.15, -0.1) is 34.0 Å². The minimum atomic E-state index is -0.316. The van der Waals surface area contributed by atoms with Crippen LogP contribution in [0.3, 0.4) is 0 Å². The van der Waals surface area contributed by atoms with Gasteiger partial charge in [-0.25, -0.2) is 9.97 Å². The molecule has 0 atom stereocenters. The molecule has 10 heteroatoms. The number of aromatic hydroxyl groups is 2. The van der Waals surface area contributed by atoms with E-state index in [9.17, 15) is 25.5 Å². The molecule has 5 N–H and O–H groups in total. The lowest BCUT2D eigenvalue weighted by atomic mass is 10.0. The Bertz CT molecular complexity index is 1790. The maximum Gasteiger partial charge on any atom is 0.169 e. The van der Waals surface area contributed by atoms with Crippen LogP contribution in [0.15, 0.2) is 54.6 Å². The van der Waals surface area contributed by atoms with Crippen LogP contribution in [0.25, 0.3) is 53.4 Å². The first-order valence-corrected chi connectivity index (χ1v) is 13.7. The second-order valence-corrected chi connectivity index (χ2v) is 11.8. The number of hydrogen-bond donors (Lipinski definition) is 5. The van der Waals surface area contributed by atoms with Crippen molar-refractivity contribution in [1.82, 2.24) is 9.97 Å². The highest BCUT2D eigenvalue weighted by Gasteiger charge is 2.25. The van der Waals surface area contributed by atoms with Crippen molar-refractivity contribution in [3.63, 3.8) is 0 Å². The van der Waals surface area contributed by atoms with Gasteiger partial charge in [0.15, 0.2) is 11.5 Å². The summed E-state index contributed by atoms with van der Waals surface area (Å²) in [6.07, 6.45) is 0. The van der Waals surface area contributed by atoms with Crippen molar-refractivity contribution < 1.29 is 25.5 Å². The minimum Gasteiger partial charge on any atom is -0.504 e. The zero-order chi connectivity index (χ0) is 25.7. The van der Waals surface area contributed by atoms with Crippen molar-refractivity contribution in [1.29, 1.82) is 0 Å². The van der Waals surface area contributed by atoms with Crippen LogP contribution in [-0.4, -0.2) is 35.5 Å². The molecule has 0 bridgehead atoms. The molecular formula is C27H20N2O5S3. The van der Waals surface area contributed by atoms with E-state index in [0.717, 1.165) is 15.3 Å². The number of nitrogens with zero attached hydrogens (tertiary/aromatic N) is 2. The second-order valence-electron chi connectivity index (χ2n) is 8.34. The molecule has 4 heterocycles. The Hall–Kier alpha value is -3.38. The highest BCUT2D eigenvalue weighted by molar-refractivity contribution is 7.16. The van der Waals surface area contributed by atoms with Gasteiger partial charge < -0.3 is 25.5 Å². The zero-order valence-corrected chi connectivity index (χ0v) is 21.6. The second kappa shape index (κ2) is 9.49. The van der Waals surface area contributed by atoms with Gasteiger partial charge in [-0.05, 0) is 54.1 Å². The summed E-state index contributed by atoms with van der Waals surface area (Å²) >= 11 is 4.11. The lowest BCUT2D eigenvalue weighted by Gasteiger charge is -2.14. The third-order valence-corrected chi connectivity index (χ3v) is 9.36.